The summed E-state index contributed by atoms with van der Waals surface area (Å²) in [4.78, 5) is 4.68. The van der Waals surface area contributed by atoms with Gasteiger partial charge >= 0.3 is 0 Å². The number of rotatable bonds is 5. The van der Waals surface area contributed by atoms with E-state index in [1.54, 1.807) is 0 Å². The summed E-state index contributed by atoms with van der Waals surface area (Å²) >= 11 is 0. The molecule has 0 fully saturated rings. The lowest BCUT2D eigenvalue weighted by Crippen LogP contribution is -2.23. The van der Waals surface area contributed by atoms with E-state index in [1.165, 1.54) is 16.2 Å². The monoisotopic (exact) mass is 315 g/mol. The van der Waals surface area contributed by atoms with Gasteiger partial charge in [-0.1, -0.05) is 60.7 Å². The van der Waals surface area contributed by atoms with Gasteiger partial charge in [0.2, 0.25) is 0 Å². The van der Waals surface area contributed by atoms with Crippen LogP contribution in [0.4, 0.5) is 0 Å². The van der Waals surface area contributed by atoms with E-state index >= 15 is 0 Å². The predicted octanol–water partition coefficient (Wildman–Crippen LogP) is 3.41. The summed E-state index contributed by atoms with van der Waals surface area (Å²) in [7, 11) is -0.640. The Balaban J connectivity index is 2.04. The number of hydrogen-bond acceptors (Lipinski definition) is 1. The zero-order valence-electron chi connectivity index (χ0n) is 12.9. The third kappa shape index (κ3) is 3.86. The van der Waals surface area contributed by atoms with Crippen LogP contribution in [0.5, 0.6) is 0 Å². The number of nitrogens with zero attached hydrogens (tertiary/aromatic N) is 1. The fourth-order valence-electron chi connectivity index (χ4n) is 2.52. The van der Waals surface area contributed by atoms with Crippen molar-refractivity contribution in [2.45, 2.75) is 12.8 Å². The van der Waals surface area contributed by atoms with E-state index in [2.05, 4.69) is 83.7 Å². The van der Waals surface area contributed by atoms with Crippen LogP contribution in [0.1, 0.15) is 12.0 Å². The Kier molecular flexibility index (Phi) is 5.20. The first-order valence-electron chi connectivity index (χ1n) is 7.67. The summed E-state index contributed by atoms with van der Waals surface area (Å²) in [5.41, 5.74) is 2.39. The van der Waals surface area contributed by atoms with Crippen molar-refractivity contribution in [2.24, 2.45) is 0 Å². The van der Waals surface area contributed by atoms with Gasteiger partial charge in [0, 0.05) is 20.5 Å². The van der Waals surface area contributed by atoms with Crippen LogP contribution in [-0.4, -0.2) is 4.98 Å². The van der Waals surface area contributed by atoms with Gasteiger partial charge in [0.1, 0.15) is 0 Å². The van der Waals surface area contributed by atoms with Crippen LogP contribution in [0.3, 0.4) is 0 Å². The molecule has 3 aromatic rings. The van der Waals surface area contributed by atoms with Gasteiger partial charge in [-0.3, -0.25) is 4.98 Å². The Labute approximate surface area is 139 Å². The van der Waals surface area contributed by atoms with Crippen molar-refractivity contribution >= 4 is 24.0 Å². The molecule has 1 aromatic heterocycles. The summed E-state index contributed by atoms with van der Waals surface area (Å²) in [6, 6.07) is 25.5. The summed E-state index contributed by atoms with van der Waals surface area (Å²) in [6.45, 7) is 0. The van der Waals surface area contributed by atoms with Gasteiger partial charge in [0.25, 0.3) is 0 Å². The molecule has 0 amide bonds. The molecule has 112 valence electrons. The van der Waals surface area contributed by atoms with Gasteiger partial charge in [0.15, 0.2) is 0 Å². The molecule has 1 nitrogen and oxygen atoms in total. The number of hydrogen-bond donors (Lipinski definition) is 0. The maximum atomic E-state index is 5.39. The van der Waals surface area contributed by atoms with Gasteiger partial charge in [-0.15, -0.1) is 12.3 Å². The Bertz CT molecular complexity index is 751. The molecule has 2 aromatic carbocycles. The molecule has 0 unspecified atom stereocenters. The van der Waals surface area contributed by atoms with E-state index < -0.39 is 7.92 Å². The van der Waals surface area contributed by atoms with Crippen molar-refractivity contribution in [3.8, 4) is 12.3 Å². The first-order valence-corrected chi connectivity index (χ1v) is 9.01. The first kappa shape index (κ1) is 15.5. The summed E-state index contributed by atoms with van der Waals surface area (Å²) < 4.78 is 0. The highest BCUT2D eigenvalue weighted by Crippen LogP contribution is 2.31. The molecule has 0 saturated carbocycles. The zero-order chi connectivity index (χ0) is 15.9. The van der Waals surface area contributed by atoms with Crippen LogP contribution in [0.25, 0.3) is 0 Å². The van der Waals surface area contributed by atoms with E-state index in [9.17, 15) is 0 Å². The maximum Gasteiger partial charge on any atom is 0.0723 e. The molecule has 0 aliphatic carbocycles. The molecule has 2 heteroatoms. The van der Waals surface area contributed by atoms with Crippen molar-refractivity contribution in [3.05, 3.63) is 84.6 Å². The van der Waals surface area contributed by atoms with Crippen molar-refractivity contribution in [2.75, 3.05) is 0 Å². The Morgan fingerprint density at radius 3 is 2.04 bits per heavy atom. The van der Waals surface area contributed by atoms with Gasteiger partial charge < -0.3 is 0 Å². The Morgan fingerprint density at radius 2 is 1.48 bits per heavy atom. The van der Waals surface area contributed by atoms with Crippen LogP contribution in [-0.2, 0) is 6.42 Å². The molecular weight excluding hydrogens is 297 g/mol. The fourth-order valence-corrected chi connectivity index (χ4v) is 4.77. The second-order valence-electron chi connectivity index (χ2n) is 5.23. The summed E-state index contributed by atoms with van der Waals surface area (Å²) in [5, 5.41) is 2.63. The van der Waals surface area contributed by atoms with Crippen LogP contribution < -0.4 is 16.0 Å². The molecule has 0 spiro atoms. The van der Waals surface area contributed by atoms with Crippen LogP contribution in [0.2, 0.25) is 0 Å². The van der Waals surface area contributed by atoms with Crippen LogP contribution >= 0.6 is 7.92 Å². The van der Waals surface area contributed by atoms with E-state index in [4.69, 9.17) is 6.42 Å². The highest BCUT2D eigenvalue weighted by atomic mass is 31.1. The third-order valence-corrected chi connectivity index (χ3v) is 5.96. The van der Waals surface area contributed by atoms with E-state index in [0.29, 0.717) is 0 Å². The quantitative estimate of drug-likeness (QED) is 0.519. The zero-order valence-corrected chi connectivity index (χ0v) is 13.8. The molecule has 0 saturated heterocycles. The Morgan fingerprint density at radius 1 is 0.870 bits per heavy atom. The van der Waals surface area contributed by atoms with Gasteiger partial charge in [0.05, 0.1) is 5.44 Å². The number of pyridine rings is 1. The minimum Gasteiger partial charge on any atom is -0.256 e. The van der Waals surface area contributed by atoms with E-state index in [1.807, 2.05) is 6.20 Å². The highest BCUT2D eigenvalue weighted by molar-refractivity contribution is 7.79. The molecule has 1 heterocycles. The molecular formula is C21H18NP. The number of benzene rings is 2. The molecule has 0 N–H and O–H groups in total. The number of terminal acetylenes is 1. The topological polar surface area (TPSA) is 12.9 Å². The largest absolute Gasteiger partial charge is 0.256 e. The average molecular weight is 315 g/mol. The number of aromatic nitrogens is 1. The van der Waals surface area contributed by atoms with Gasteiger partial charge in [-0.25, -0.2) is 0 Å². The SMILES string of the molecule is C#CCCc1ccnc(P(c2ccccc2)c2ccccc2)c1. The Hall–Kier alpha value is -2.42. The van der Waals surface area contributed by atoms with Crippen molar-refractivity contribution in [1.82, 2.24) is 4.98 Å². The maximum absolute atomic E-state index is 5.39. The van der Waals surface area contributed by atoms with Crippen LogP contribution in [0.15, 0.2) is 79.0 Å². The smallest absolute Gasteiger partial charge is 0.0723 e. The number of aryl methyl sites for hydroxylation is 1. The third-order valence-electron chi connectivity index (χ3n) is 3.63. The second kappa shape index (κ2) is 7.73. The fraction of sp³-hybridized carbons (Fsp3) is 0.0952. The van der Waals surface area contributed by atoms with Crippen molar-refractivity contribution in [1.29, 1.82) is 0 Å². The van der Waals surface area contributed by atoms with Crippen molar-refractivity contribution in [3.63, 3.8) is 0 Å². The van der Waals surface area contributed by atoms with Gasteiger partial charge in [-0.2, -0.15) is 0 Å². The molecule has 23 heavy (non-hydrogen) atoms. The second-order valence-corrected chi connectivity index (χ2v) is 7.39. The molecule has 0 aliphatic heterocycles. The summed E-state index contributed by atoms with van der Waals surface area (Å²) in [6.07, 6.45) is 8.96. The molecule has 0 aliphatic rings. The average Bonchev–Trinajstić information content (AvgIpc) is 2.62. The van der Waals surface area contributed by atoms with Crippen LogP contribution in [0, 0.1) is 12.3 Å². The molecule has 0 radical (unpaired) electrons. The lowest BCUT2D eigenvalue weighted by molar-refractivity contribution is 1.03. The minimum absolute atomic E-state index is 0.640. The van der Waals surface area contributed by atoms with Crippen molar-refractivity contribution < 1.29 is 0 Å². The normalized spacial score (nSPS) is 10.4. The molecule has 3 rings (SSSR count). The predicted molar refractivity (Wildman–Crippen MR) is 100 cm³/mol. The first-order chi connectivity index (χ1) is 11.4. The minimum atomic E-state index is -0.640. The lowest BCUT2D eigenvalue weighted by atomic mass is 10.1. The van der Waals surface area contributed by atoms with E-state index in [-0.39, 0.29) is 0 Å². The standard InChI is InChI=1S/C21H18NP/c1-2-3-10-18-15-16-22-21(17-18)23(19-11-6-4-7-12-19)20-13-8-5-9-14-20/h1,4-9,11-17H,3,10H2. The van der Waals surface area contributed by atoms with E-state index in [0.717, 1.165) is 18.3 Å². The highest BCUT2D eigenvalue weighted by Gasteiger charge is 2.17. The molecule has 0 atom stereocenters. The molecule has 0 bridgehead atoms. The lowest BCUT2D eigenvalue weighted by Gasteiger charge is -2.18. The summed E-state index contributed by atoms with van der Waals surface area (Å²) in [5.74, 6) is 2.71. The van der Waals surface area contributed by atoms with Gasteiger partial charge in [-0.05, 0) is 34.7 Å².